The van der Waals surface area contributed by atoms with Gasteiger partial charge in [0.25, 0.3) is 0 Å². The number of hydrogen-bond donors (Lipinski definition) is 1. The summed E-state index contributed by atoms with van der Waals surface area (Å²) in [5, 5.41) is 9.03. The van der Waals surface area contributed by atoms with Crippen molar-refractivity contribution < 1.29 is 14.7 Å². The third-order valence-corrected chi connectivity index (χ3v) is 3.32. The zero-order valence-corrected chi connectivity index (χ0v) is 8.11. The molecular weight excluding hydrogens is 182 g/mol. The first-order valence-electron chi connectivity index (χ1n) is 5.22. The first kappa shape index (κ1) is 9.49. The molecule has 4 nitrogen and oxygen atoms in total. The lowest BCUT2D eigenvalue weighted by Gasteiger charge is -2.42. The number of carbonyl (C=O) groups excluding carboxylic acids is 1. The summed E-state index contributed by atoms with van der Waals surface area (Å²) in [5.41, 5.74) is 0. The third kappa shape index (κ3) is 1.49. The largest absolute Gasteiger partial charge is 0.481 e. The Hall–Kier alpha value is -1.06. The molecule has 78 valence electrons. The number of aliphatic carboxylic acids is 1. The molecule has 0 aliphatic carbocycles. The summed E-state index contributed by atoms with van der Waals surface area (Å²) in [6.45, 7) is 0.757. The van der Waals surface area contributed by atoms with Crippen molar-refractivity contribution in [2.45, 2.75) is 38.1 Å². The number of carboxylic acid groups (broad SMARTS) is 1. The number of nitrogens with zero attached hydrogens (tertiary/aromatic N) is 1. The summed E-state index contributed by atoms with van der Waals surface area (Å²) in [6.07, 6.45) is 3.87. The van der Waals surface area contributed by atoms with E-state index >= 15 is 0 Å². The molecule has 2 aliphatic heterocycles. The molecule has 0 aromatic carbocycles. The average molecular weight is 197 g/mol. The summed E-state index contributed by atoms with van der Waals surface area (Å²) in [6, 6.07) is -0.0255. The number of hydrogen-bond acceptors (Lipinski definition) is 2. The smallest absolute Gasteiger partial charge is 0.308 e. The quantitative estimate of drug-likeness (QED) is 0.678. The average Bonchev–Trinajstić information content (AvgIpc) is 2.18. The van der Waals surface area contributed by atoms with E-state index < -0.39 is 5.97 Å². The van der Waals surface area contributed by atoms with Gasteiger partial charge in [0, 0.05) is 19.0 Å². The molecule has 2 rings (SSSR count). The second-order valence-corrected chi connectivity index (χ2v) is 4.13. The first-order valence-corrected chi connectivity index (χ1v) is 5.22. The summed E-state index contributed by atoms with van der Waals surface area (Å²) < 4.78 is 0. The highest BCUT2D eigenvalue weighted by Crippen LogP contribution is 2.31. The van der Waals surface area contributed by atoms with Crippen LogP contribution in [0.1, 0.15) is 32.1 Å². The van der Waals surface area contributed by atoms with Gasteiger partial charge in [-0.05, 0) is 25.7 Å². The molecule has 4 heteroatoms. The lowest BCUT2D eigenvalue weighted by molar-refractivity contribution is -0.153. The van der Waals surface area contributed by atoms with Gasteiger partial charge in [0.05, 0.1) is 5.92 Å². The van der Waals surface area contributed by atoms with Gasteiger partial charge in [-0.15, -0.1) is 0 Å². The van der Waals surface area contributed by atoms with E-state index in [9.17, 15) is 9.59 Å². The molecule has 1 N–H and O–H groups in total. The second kappa shape index (κ2) is 3.59. The highest BCUT2D eigenvalue weighted by atomic mass is 16.4. The highest BCUT2D eigenvalue weighted by Gasteiger charge is 2.40. The molecule has 0 aromatic heterocycles. The van der Waals surface area contributed by atoms with Crippen molar-refractivity contribution in [3.05, 3.63) is 0 Å². The number of amides is 1. The molecule has 0 radical (unpaired) electrons. The van der Waals surface area contributed by atoms with Crippen LogP contribution >= 0.6 is 0 Å². The lowest BCUT2D eigenvalue weighted by Crippen LogP contribution is -2.53. The monoisotopic (exact) mass is 197 g/mol. The van der Waals surface area contributed by atoms with Crippen LogP contribution < -0.4 is 0 Å². The molecule has 0 aromatic rings. The van der Waals surface area contributed by atoms with Crippen LogP contribution in [0.3, 0.4) is 0 Å². The fourth-order valence-corrected chi connectivity index (χ4v) is 2.59. The Balaban J connectivity index is 2.16. The summed E-state index contributed by atoms with van der Waals surface area (Å²) in [7, 11) is 0. The summed E-state index contributed by atoms with van der Waals surface area (Å²) >= 11 is 0. The van der Waals surface area contributed by atoms with E-state index in [2.05, 4.69) is 0 Å². The number of rotatable bonds is 1. The number of piperidine rings is 2. The summed E-state index contributed by atoms with van der Waals surface area (Å²) in [5.74, 6) is -0.922. The fraction of sp³-hybridized carbons (Fsp3) is 0.800. The number of carbonyl (C=O) groups is 2. The SMILES string of the molecule is O=C(O)C1CCC(=O)N2CCCCC12. The molecule has 14 heavy (non-hydrogen) atoms. The predicted molar refractivity (Wildman–Crippen MR) is 49.7 cm³/mol. The molecule has 2 aliphatic rings. The Morgan fingerprint density at radius 3 is 2.86 bits per heavy atom. The Kier molecular flexibility index (Phi) is 2.44. The van der Waals surface area contributed by atoms with Crippen molar-refractivity contribution >= 4 is 11.9 Å². The molecular formula is C10H15NO3. The van der Waals surface area contributed by atoms with E-state index in [4.69, 9.17) is 5.11 Å². The van der Waals surface area contributed by atoms with Gasteiger partial charge in [-0.1, -0.05) is 0 Å². The van der Waals surface area contributed by atoms with Crippen LogP contribution in [0.2, 0.25) is 0 Å². The normalized spacial score (nSPS) is 32.6. The van der Waals surface area contributed by atoms with Crippen molar-refractivity contribution in [2.24, 2.45) is 5.92 Å². The second-order valence-electron chi connectivity index (χ2n) is 4.13. The van der Waals surface area contributed by atoms with Gasteiger partial charge in [-0.25, -0.2) is 0 Å². The Labute approximate surface area is 82.9 Å². The third-order valence-electron chi connectivity index (χ3n) is 3.32. The minimum absolute atomic E-state index is 0.0255. The molecule has 2 saturated heterocycles. The van der Waals surface area contributed by atoms with Crippen LogP contribution in [-0.4, -0.2) is 34.5 Å². The van der Waals surface area contributed by atoms with E-state index in [1.165, 1.54) is 0 Å². The number of carboxylic acids is 1. The van der Waals surface area contributed by atoms with Gasteiger partial charge in [0.1, 0.15) is 0 Å². The van der Waals surface area contributed by atoms with Gasteiger partial charge in [-0.3, -0.25) is 9.59 Å². The van der Waals surface area contributed by atoms with Crippen molar-refractivity contribution in [3.8, 4) is 0 Å². The molecule has 2 atom stereocenters. The number of fused-ring (bicyclic) bond motifs is 1. The molecule has 0 bridgehead atoms. The summed E-state index contributed by atoms with van der Waals surface area (Å²) in [4.78, 5) is 24.3. The predicted octanol–water partition coefficient (Wildman–Crippen LogP) is 0.862. The molecule has 1 amide bonds. The van der Waals surface area contributed by atoms with E-state index in [1.54, 1.807) is 4.90 Å². The Morgan fingerprint density at radius 1 is 1.36 bits per heavy atom. The van der Waals surface area contributed by atoms with Gasteiger partial charge < -0.3 is 10.0 Å². The standard InChI is InChI=1S/C10H15NO3/c12-9-5-4-7(10(13)14)8-3-1-2-6-11(8)9/h7-8H,1-6H2,(H,13,14). The molecule has 2 unspecified atom stereocenters. The van der Waals surface area contributed by atoms with Crippen molar-refractivity contribution in [3.63, 3.8) is 0 Å². The molecule has 2 fully saturated rings. The van der Waals surface area contributed by atoms with Crippen LogP contribution in [0.4, 0.5) is 0 Å². The van der Waals surface area contributed by atoms with Crippen molar-refractivity contribution in [1.82, 2.24) is 4.90 Å². The van der Waals surface area contributed by atoms with Crippen LogP contribution in [0.15, 0.2) is 0 Å². The molecule has 2 heterocycles. The minimum Gasteiger partial charge on any atom is -0.481 e. The van der Waals surface area contributed by atoms with E-state index in [-0.39, 0.29) is 17.9 Å². The van der Waals surface area contributed by atoms with E-state index in [0.29, 0.717) is 12.8 Å². The van der Waals surface area contributed by atoms with E-state index in [1.807, 2.05) is 0 Å². The highest BCUT2D eigenvalue weighted by molar-refractivity contribution is 5.81. The van der Waals surface area contributed by atoms with Crippen LogP contribution in [-0.2, 0) is 9.59 Å². The topological polar surface area (TPSA) is 57.6 Å². The maximum Gasteiger partial charge on any atom is 0.308 e. The van der Waals surface area contributed by atoms with Crippen molar-refractivity contribution in [2.75, 3.05) is 6.54 Å². The van der Waals surface area contributed by atoms with Crippen LogP contribution in [0.5, 0.6) is 0 Å². The zero-order chi connectivity index (χ0) is 10.1. The minimum atomic E-state index is -0.741. The zero-order valence-electron chi connectivity index (χ0n) is 8.11. The van der Waals surface area contributed by atoms with Crippen molar-refractivity contribution in [1.29, 1.82) is 0 Å². The lowest BCUT2D eigenvalue weighted by atomic mass is 9.83. The maximum absolute atomic E-state index is 11.5. The molecule has 0 saturated carbocycles. The van der Waals surface area contributed by atoms with E-state index in [0.717, 1.165) is 25.8 Å². The Morgan fingerprint density at radius 2 is 2.14 bits per heavy atom. The Bertz CT molecular complexity index is 262. The van der Waals surface area contributed by atoms with Gasteiger partial charge >= 0.3 is 5.97 Å². The fourth-order valence-electron chi connectivity index (χ4n) is 2.59. The molecule has 0 spiro atoms. The van der Waals surface area contributed by atoms with Crippen LogP contribution in [0, 0.1) is 5.92 Å². The maximum atomic E-state index is 11.5. The van der Waals surface area contributed by atoms with Gasteiger partial charge in [-0.2, -0.15) is 0 Å². The van der Waals surface area contributed by atoms with Gasteiger partial charge in [0.15, 0.2) is 0 Å². The first-order chi connectivity index (χ1) is 6.70. The van der Waals surface area contributed by atoms with Gasteiger partial charge in [0.2, 0.25) is 5.91 Å². The van der Waals surface area contributed by atoms with Crippen LogP contribution in [0.25, 0.3) is 0 Å².